The van der Waals surface area contributed by atoms with E-state index in [0.29, 0.717) is 0 Å². The molecule has 0 nitrogen and oxygen atoms in total. The van der Waals surface area contributed by atoms with Crippen LogP contribution in [0.1, 0.15) is 6.42 Å². The molecule has 0 spiro atoms. The van der Waals surface area contributed by atoms with Crippen LogP contribution in [0.2, 0.25) is 0 Å². The van der Waals surface area contributed by atoms with Gasteiger partial charge in [0, 0.05) is 0 Å². The molecule has 54 valence electrons. The number of hydrogen-bond acceptors (Lipinski definition) is 1. The summed E-state index contributed by atoms with van der Waals surface area (Å²) in [6, 6.07) is 0. The van der Waals surface area contributed by atoms with E-state index in [0.717, 1.165) is 0 Å². The van der Waals surface area contributed by atoms with Gasteiger partial charge in [-0.15, -0.1) is 0 Å². The van der Waals surface area contributed by atoms with Crippen molar-refractivity contribution in [1.82, 2.24) is 0 Å². The molecule has 0 radical (unpaired) electrons. The summed E-state index contributed by atoms with van der Waals surface area (Å²) in [5.41, 5.74) is -4.09. The Balaban J connectivity index is 2.58. The van der Waals surface area contributed by atoms with Gasteiger partial charge in [0.2, 0.25) is 5.50 Å². The van der Waals surface area contributed by atoms with Crippen molar-refractivity contribution in [2.24, 2.45) is 0 Å². The lowest BCUT2D eigenvalue weighted by molar-refractivity contribution is -0.0399. The van der Waals surface area contributed by atoms with Gasteiger partial charge in [0.05, 0.1) is 6.42 Å². The molecule has 1 rings (SSSR count). The van der Waals surface area contributed by atoms with E-state index in [-0.39, 0.29) is 11.8 Å². The summed E-state index contributed by atoms with van der Waals surface area (Å²) in [5.74, 6) is -3.45. The fraction of sp³-hybridized carbons (Fsp3) is 1.00. The number of rotatable bonds is 0. The first-order valence-corrected chi connectivity index (χ1v) is 3.28. The largest absolute Gasteiger partial charge is 0.291 e. The number of thioether (sulfide) groups is 1. The van der Waals surface area contributed by atoms with Crippen molar-refractivity contribution in [2.75, 3.05) is 0 Å². The van der Waals surface area contributed by atoms with Gasteiger partial charge in [-0.2, -0.15) is 0 Å². The summed E-state index contributed by atoms with van der Waals surface area (Å²) in [6.45, 7) is 0. The molecule has 0 aromatic rings. The van der Waals surface area contributed by atoms with Crippen molar-refractivity contribution in [1.29, 1.82) is 0 Å². The van der Waals surface area contributed by atoms with Crippen LogP contribution in [-0.2, 0) is 0 Å². The van der Waals surface area contributed by atoms with Gasteiger partial charge in [-0.3, -0.25) is 0 Å². The van der Waals surface area contributed by atoms with E-state index in [1.165, 1.54) is 0 Å². The minimum Gasteiger partial charge on any atom is -0.235 e. The summed E-state index contributed by atoms with van der Waals surface area (Å²) < 4.78 is 47.7. The molecule has 1 saturated heterocycles. The molecule has 1 heterocycles. The smallest absolute Gasteiger partial charge is 0.235 e. The second kappa shape index (κ2) is 2.04. The van der Waals surface area contributed by atoms with Gasteiger partial charge in [0.15, 0.2) is 5.50 Å². The third-order valence-corrected chi connectivity index (χ3v) is 2.08. The molecule has 1 aliphatic rings. The normalized spacial score (nSPS) is 41.3. The average molecular weight is 160 g/mol. The number of halogens is 4. The first-order valence-electron chi connectivity index (χ1n) is 2.34. The number of alkyl halides is 4. The molecular weight excluding hydrogens is 156 g/mol. The van der Waals surface area contributed by atoms with Crippen LogP contribution >= 0.6 is 11.8 Å². The fourth-order valence-corrected chi connectivity index (χ4v) is 1.46. The maximum Gasteiger partial charge on any atom is 0.291 e. The lowest BCUT2D eigenvalue weighted by atomic mass is 10.3. The van der Waals surface area contributed by atoms with Crippen molar-refractivity contribution in [3.8, 4) is 0 Å². The van der Waals surface area contributed by atoms with E-state index in [4.69, 9.17) is 0 Å². The minimum absolute atomic E-state index is 0.0440. The number of hydrogen-bond donors (Lipinski definition) is 0. The van der Waals surface area contributed by atoms with E-state index in [1.54, 1.807) is 0 Å². The van der Waals surface area contributed by atoms with Crippen LogP contribution in [0.4, 0.5) is 17.6 Å². The van der Waals surface area contributed by atoms with E-state index in [9.17, 15) is 17.6 Å². The Morgan fingerprint density at radius 3 is 2.00 bits per heavy atom. The monoisotopic (exact) mass is 160 g/mol. The van der Waals surface area contributed by atoms with Gasteiger partial charge in [-0.05, 0) is 0 Å². The Bertz CT molecular complexity index is 115. The standard InChI is InChI=1S/C4H4F4S/c5-2-1-4(7,8)3(6)9-2/h2-3H,1H2. The van der Waals surface area contributed by atoms with Gasteiger partial charge < -0.3 is 0 Å². The molecule has 1 fully saturated rings. The molecule has 0 aromatic heterocycles. The zero-order valence-electron chi connectivity index (χ0n) is 4.28. The molecule has 5 heteroatoms. The SMILES string of the molecule is FC1CC(F)(F)C(F)S1. The highest BCUT2D eigenvalue weighted by Gasteiger charge is 2.50. The predicted octanol–water partition coefficient (Wildman–Crippen LogP) is 2.35. The minimum atomic E-state index is -3.45. The van der Waals surface area contributed by atoms with Gasteiger partial charge in [-0.25, -0.2) is 17.6 Å². The van der Waals surface area contributed by atoms with Crippen LogP contribution < -0.4 is 0 Å². The van der Waals surface area contributed by atoms with Crippen LogP contribution in [-0.4, -0.2) is 16.9 Å². The fourth-order valence-electron chi connectivity index (χ4n) is 0.584. The molecule has 0 aliphatic carbocycles. The zero-order valence-corrected chi connectivity index (χ0v) is 5.10. The van der Waals surface area contributed by atoms with Crippen LogP contribution in [0.15, 0.2) is 0 Å². The van der Waals surface area contributed by atoms with Gasteiger partial charge in [-0.1, -0.05) is 11.8 Å². The van der Waals surface area contributed by atoms with E-state index in [1.807, 2.05) is 0 Å². The second-order valence-electron chi connectivity index (χ2n) is 1.83. The summed E-state index contributed by atoms with van der Waals surface area (Å²) in [7, 11) is 0. The molecule has 0 bridgehead atoms. The third kappa shape index (κ3) is 1.31. The second-order valence-corrected chi connectivity index (χ2v) is 3.02. The lowest BCUT2D eigenvalue weighted by Crippen LogP contribution is -2.21. The van der Waals surface area contributed by atoms with Crippen molar-refractivity contribution < 1.29 is 17.6 Å². The first-order chi connectivity index (χ1) is 4.02. The van der Waals surface area contributed by atoms with Gasteiger partial charge in [0.25, 0.3) is 5.92 Å². The van der Waals surface area contributed by atoms with Crippen molar-refractivity contribution >= 4 is 11.8 Å². The summed E-state index contributed by atoms with van der Waals surface area (Å²) in [4.78, 5) is 0. The Morgan fingerprint density at radius 1 is 1.33 bits per heavy atom. The molecule has 2 unspecified atom stereocenters. The molecule has 0 saturated carbocycles. The molecule has 2 atom stereocenters. The zero-order chi connectivity index (χ0) is 7.07. The molecule has 1 aliphatic heterocycles. The maximum absolute atomic E-state index is 12.0. The van der Waals surface area contributed by atoms with Crippen LogP contribution in [0.25, 0.3) is 0 Å². The van der Waals surface area contributed by atoms with Crippen molar-refractivity contribution in [3.63, 3.8) is 0 Å². The highest BCUT2D eigenvalue weighted by molar-refractivity contribution is 8.00. The molecule has 0 N–H and O–H groups in total. The summed E-state index contributed by atoms with van der Waals surface area (Å²) in [6.07, 6.45) is -0.987. The van der Waals surface area contributed by atoms with Crippen molar-refractivity contribution in [3.05, 3.63) is 0 Å². The topological polar surface area (TPSA) is 0 Å². The maximum atomic E-state index is 12.0. The molecule has 0 aromatic carbocycles. The van der Waals surface area contributed by atoms with E-state index < -0.39 is 23.4 Å². The summed E-state index contributed by atoms with van der Waals surface area (Å²) >= 11 is 0.0440. The molecular formula is C4H4F4S. The molecule has 0 amide bonds. The quantitative estimate of drug-likeness (QED) is 0.490. The van der Waals surface area contributed by atoms with Crippen LogP contribution in [0.5, 0.6) is 0 Å². The summed E-state index contributed by atoms with van der Waals surface area (Å²) in [5, 5.41) is 0. The van der Waals surface area contributed by atoms with E-state index >= 15 is 0 Å². The van der Waals surface area contributed by atoms with Gasteiger partial charge >= 0.3 is 0 Å². The van der Waals surface area contributed by atoms with Crippen LogP contribution in [0, 0.1) is 0 Å². The third-order valence-electron chi connectivity index (χ3n) is 1.03. The Kier molecular flexibility index (Phi) is 1.63. The predicted molar refractivity (Wildman–Crippen MR) is 26.9 cm³/mol. The highest BCUT2D eigenvalue weighted by atomic mass is 32.2. The van der Waals surface area contributed by atoms with Gasteiger partial charge in [0.1, 0.15) is 0 Å². The first kappa shape index (κ1) is 7.18. The average Bonchev–Trinajstić information content (AvgIpc) is 1.79. The molecule has 9 heavy (non-hydrogen) atoms. The Hall–Kier alpha value is 0.0700. The Labute approximate surface area is 53.6 Å². The van der Waals surface area contributed by atoms with E-state index in [2.05, 4.69) is 0 Å². The lowest BCUT2D eigenvalue weighted by Gasteiger charge is -2.07. The Morgan fingerprint density at radius 2 is 1.89 bits per heavy atom. The van der Waals surface area contributed by atoms with Crippen LogP contribution in [0.3, 0.4) is 0 Å². The van der Waals surface area contributed by atoms with Crippen molar-refractivity contribution in [2.45, 2.75) is 23.4 Å². The highest BCUT2D eigenvalue weighted by Crippen LogP contribution is 2.46.